The fraction of sp³-hybridized carbons (Fsp3) is 0.529. The van der Waals surface area contributed by atoms with Gasteiger partial charge in [0.1, 0.15) is 11.8 Å². The molecule has 1 atom stereocenters. The second-order valence-electron chi connectivity index (χ2n) is 12.3. The van der Waals surface area contributed by atoms with Crippen molar-refractivity contribution in [2.45, 2.75) is 63.1 Å². The van der Waals surface area contributed by atoms with Crippen molar-refractivity contribution in [1.82, 2.24) is 25.8 Å². The van der Waals surface area contributed by atoms with Gasteiger partial charge in [0, 0.05) is 58.0 Å². The van der Waals surface area contributed by atoms with Crippen molar-refractivity contribution in [3.63, 3.8) is 0 Å². The minimum atomic E-state index is -2.63. The van der Waals surface area contributed by atoms with Crippen LogP contribution in [0.1, 0.15) is 42.4 Å². The van der Waals surface area contributed by atoms with E-state index in [0.29, 0.717) is 51.4 Å². The zero-order valence-corrected chi connectivity index (χ0v) is 26.5. The molecule has 2 aromatic carbocycles. The molecule has 2 aromatic rings. The van der Waals surface area contributed by atoms with E-state index in [4.69, 9.17) is 9.47 Å². The normalized spacial score (nSPS) is 21.1. The van der Waals surface area contributed by atoms with Crippen LogP contribution in [0.25, 0.3) is 0 Å². The lowest BCUT2D eigenvalue weighted by molar-refractivity contribution is -0.137. The second-order valence-corrected chi connectivity index (χ2v) is 12.3. The van der Waals surface area contributed by atoms with Crippen molar-refractivity contribution in [3.05, 3.63) is 65.2 Å². The van der Waals surface area contributed by atoms with Gasteiger partial charge in [-0.2, -0.15) is 0 Å². The summed E-state index contributed by atoms with van der Waals surface area (Å²) in [5.74, 6) is -3.32. The molecule has 1 saturated heterocycles. The van der Waals surface area contributed by atoms with Crippen LogP contribution in [0.3, 0.4) is 0 Å². The molecule has 0 spiro atoms. The van der Waals surface area contributed by atoms with Crippen LogP contribution in [-0.4, -0.2) is 104 Å². The van der Waals surface area contributed by atoms with Gasteiger partial charge in [-0.1, -0.05) is 36.4 Å². The molecule has 2 heterocycles. The average Bonchev–Trinajstić information content (AvgIpc) is 3.07. The highest BCUT2D eigenvalue weighted by molar-refractivity contribution is 5.91. The summed E-state index contributed by atoms with van der Waals surface area (Å²) in [5.41, 5.74) is 2.32. The second kappa shape index (κ2) is 16.1. The fourth-order valence-corrected chi connectivity index (χ4v) is 6.05. The number of rotatable bonds is 9. The molecule has 0 aromatic heterocycles. The Balaban J connectivity index is 1.22. The summed E-state index contributed by atoms with van der Waals surface area (Å²) in [6.07, 6.45) is 0.621. The summed E-state index contributed by atoms with van der Waals surface area (Å²) in [6, 6.07) is 13.4. The van der Waals surface area contributed by atoms with Gasteiger partial charge >= 0.3 is 0 Å². The van der Waals surface area contributed by atoms with Crippen LogP contribution in [-0.2, 0) is 43.3 Å². The van der Waals surface area contributed by atoms with Crippen molar-refractivity contribution in [2.24, 2.45) is 0 Å². The standard InChI is InChI=1S/C34H43F2N5O6/c35-34(36)11-9-27(10-12-34)37-13-14-41-22-30(42)39-29(33(45)38-21-26-4-2-1-3-25(26)20-31(41)43)19-24-5-7-28(8-6-24)47-23-32(44)40-15-17-46-18-16-40/h1-8,27,29,37H,9-23H2,(H,38,45)(H,39,42)/t29-/m0/s1. The molecule has 2 fully saturated rings. The maximum atomic E-state index is 13.6. The summed E-state index contributed by atoms with van der Waals surface area (Å²) in [6.45, 7) is 2.51. The van der Waals surface area contributed by atoms with Crippen molar-refractivity contribution in [1.29, 1.82) is 0 Å². The highest BCUT2D eigenvalue weighted by Crippen LogP contribution is 2.32. The van der Waals surface area contributed by atoms with Crippen LogP contribution < -0.4 is 20.7 Å². The minimum Gasteiger partial charge on any atom is -0.484 e. The number of nitrogens with zero attached hydrogens (tertiary/aromatic N) is 2. The van der Waals surface area contributed by atoms with Gasteiger partial charge in [-0.25, -0.2) is 8.78 Å². The number of amides is 4. The minimum absolute atomic E-state index is 0.0604. The van der Waals surface area contributed by atoms with Crippen molar-refractivity contribution in [2.75, 3.05) is 52.5 Å². The molecule has 0 bridgehead atoms. The van der Waals surface area contributed by atoms with E-state index in [-0.39, 0.29) is 75.7 Å². The number of fused-ring (bicyclic) bond motifs is 1. The number of hydrogen-bond acceptors (Lipinski definition) is 7. The summed E-state index contributed by atoms with van der Waals surface area (Å²) in [4.78, 5) is 55.7. The molecular weight excluding hydrogens is 612 g/mol. The van der Waals surface area contributed by atoms with Crippen molar-refractivity contribution >= 4 is 23.6 Å². The van der Waals surface area contributed by atoms with E-state index in [2.05, 4.69) is 16.0 Å². The Morgan fingerprint density at radius 3 is 2.43 bits per heavy atom. The maximum absolute atomic E-state index is 13.6. The first kappa shape index (κ1) is 34.2. The van der Waals surface area contributed by atoms with E-state index in [1.165, 1.54) is 4.90 Å². The van der Waals surface area contributed by atoms with Gasteiger partial charge in [0.15, 0.2) is 6.61 Å². The molecule has 11 nitrogen and oxygen atoms in total. The van der Waals surface area contributed by atoms with Crippen LogP contribution in [0.15, 0.2) is 48.5 Å². The molecule has 13 heteroatoms. The van der Waals surface area contributed by atoms with Gasteiger partial charge in [0.2, 0.25) is 23.6 Å². The largest absolute Gasteiger partial charge is 0.484 e. The van der Waals surface area contributed by atoms with Gasteiger partial charge in [-0.15, -0.1) is 0 Å². The molecule has 0 radical (unpaired) electrons. The number of ether oxygens (including phenoxy) is 2. The fourth-order valence-electron chi connectivity index (χ4n) is 6.05. The van der Waals surface area contributed by atoms with Crippen LogP contribution in [0, 0.1) is 0 Å². The van der Waals surface area contributed by atoms with Crippen LogP contribution >= 0.6 is 0 Å². The lowest BCUT2D eigenvalue weighted by Crippen LogP contribution is -2.52. The molecule has 254 valence electrons. The van der Waals surface area contributed by atoms with E-state index in [1.54, 1.807) is 29.2 Å². The third kappa shape index (κ3) is 10.2. The zero-order chi connectivity index (χ0) is 33.2. The molecule has 4 amide bonds. The van der Waals surface area contributed by atoms with Crippen LogP contribution in [0.4, 0.5) is 8.78 Å². The molecule has 3 N–H and O–H groups in total. The van der Waals surface area contributed by atoms with E-state index < -0.39 is 17.9 Å². The number of hydrogen-bond donors (Lipinski definition) is 3. The Bertz CT molecular complexity index is 1390. The maximum Gasteiger partial charge on any atom is 0.260 e. The molecule has 0 unspecified atom stereocenters. The number of morpholine rings is 1. The Morgan fingerprint density at radius 2 is 1.70 bits per heavy atom. The van der Waals surface area contributed by atoms with Gasteiger partial charge in [0.05, 0.1) is 26.2 Å². The highest BCUT2D eigenvalue weighted by atomic mass is 19.3. The highest BCUT2D eigenvalue weighted by Gasteiger charge is 2.35. The average molecular weight is 656 g/mol. The van der Waals surface area contributed by atoms with Gasteiger partial charge in [-0.05, 0) is 41.7 Å². The topological polar surface area (TPSA) is 129 Å². The predicted octanol–water partition coefficient (Wildman–Crippen LogP) is 1.82. The number of alkyl halides is 2. The predicted molar refractivity (Wildman–Crippen MR) is 169 cm³/mol. The lowest BCUT2D eigenvalue weighted by atomic mass is 9.92. The number of carbonyl (C=O) groups is 4. The zero-order valence-electron chi connectivity index (χ0n) is 26.5. The van der Waals surface area contributed by atoms with Crippen molar-refractivity contribution < 1.29 is 37.4 Å². The van der Waals surface area contributed by atoms with E-state index in [0.717, 1.165) is 16.7 Å². The number of carbonyl (C=O) groups excluding carboxylic acids is 4. The molecular formula is C34H43F2N5O6. The monoisotopic (exact) mass is 655 g/mol. The Labute approximate surface area is 273 Å². The summed E-state index contributed by atoms with van der Waals surface area (Å²) < 4.78 is 38.1. The Hall–Kier alpha value is -4.10. The summed E-state index contributed by atoms with van der Waals surface area (Å²) in [7, 11) is 0. The molecule has 47 heavy (non-hydrogen) atoms. The molecule has 1 saturated carbocycles. The molecule has 5 rings (SSSR count). The Kier molecular flexibility index (Phi) is 11.8. The van der Waals surface area contributed by atoms with E-state index >= 15 is 0 Å². The molecule has 1 aliphatic carbocycles. The van der Waals surface area contributed by atoms with E-state index in [9.17, 15) is 28.0 Å². The third-order valence-corrected chi connectivity index (χ3v) is 8.87. The third-order valence-electron chi connectivity index (χ3n) is 8.87. The molecule has 3 aliphatic rings. The first-order valence-electron chi connectivity index (χ1n) is 16.3. The first-order chi connectivity index (χ1) is 22.6. The quantitative estimate of drug-likeness (QED) is 0.376. The Morgan fingerprint density at radius 1 is 1.00 bits per heavy atom. The van der Waals surface area contributed by atoms with Crippen LogP contribution in [0.5, 0.6) is 5.75 Å². The first-order valence-corrected chi connectivity index (χ1v) is 16.3. The van der Waals surface area contributed by atoms with Gasteiger partial charge < -0.3 is 35.2 Å². The number of halogens is 2. The number of nitrogens with one attached hydrogen (secondary N) is 3. The lowest BCUT2D eigenvalue weighted by Gasteiger charge is -2.30. The molecule has 2 aliphatic heterocycles. The van der Waals surface area contributed by atoms with Gasteiger partial charge in [-0.3, -0.25) is 19.2 Å². The SMILES string of the molecule is O=C1CN(CCNC2CCC(F)(F)CC2)C(=O)Cc2ccccc2CNC(=O)[C@H](Cc2ccc(OCC(=O)N3CCOCC3)cc2)N1. The van der Waals surface area contributed by atoms with E-state index in [1.807, 2.05) is 24.3 Å². The van der Waals surface area contributed by atoms with Gasteiger partial charge in [0.25, 0.3) is 5.91 Å². The van der Waals surface area contributed by atoms with Crippen molar-refractivity contribution in [3.8, 4) is 5.75 Å². The number of benzene rings is 2. The smallest absolute Gasteiger partial charge is 0.260 e. The summed E-state index contributed by atoms with van der Waals surface area (Å²) in [5, 5.41) is 8.99. The van der Waals surface area contributed by atoms with Crippen LogP contribution in [0.2, 0.25) is 0 Å². The summed E-state index contributed by atoms with van der Waals surface area (Å²) >= 11 is 0.